The van der Waals surface area contributed by atoms with Crippen LogP contribution in [0.1, 0.15) is 6.92 Å². The van der Waals surface area contributed by atoms with Gasteiger partial charge >= 0.3 is 69.8 Å². The zero-order valence-corrected chi connectivity index (χ0v) is 23.8. The Kier molecular flexibility index (Phi) is 10.8. The molecule has 0 bridgehead atoms. The molecule has 0 aromatic heterocycles. The zero-order valence-electron chi connectivity index (χ0n) is 21.4. The van der Waals surface area contributed by atoms with E-state index in [4.69, 9.17) is 0 Å². The second-order valence-electron chi connectivity index (χ2n) is 8.86. The summed E-state index contributed by atoms with van der Waals surface area (Å²) in [5.74, 6) is -55.2. The monoisotopic (exact) mass is 876 g/mol. The normalized spacial score (nSPS) is 17.3. The molecule has 0 radical (unpaired) electrons. The Morgan fingerprint density at radius 3 is 0.480 bits per heavy atom. The minimum atomic E-state index is -10.9. The Balaban J connectivity index is 9.19. The van der Waals surface area contributed by atoms with Crippen LogP contribution in [0.4, 0.5) is 119 Å². The van der Waals surface area contributed by atoms with Gasteiger partial charge in [0, 0.05) is 0 Å². The summed E-state index contributed by atoms with van der Waals surface area (Å²) in [4.78, 5) is 0. The predicted octanol–water partition coefficient (Wildman–Crippen LogP) is 7.18. The van der Waals surface area contributed by atoms with Crippen LogP contribution in [0.3, 0.4) is 0 Å². The summed E-state index contributed by atoms with van der Waals surface area (Å²) in [7, 11) is -32.7. The summed E-state index contributed by atoms with van der Waals surface area (Å²) >= 11 is 0. The van der Waals surface area contributed by atoms with E-state index < -0.39 is 110 Å². The average Bonchev–Trinajstić information content (AvgIpc) is 2.84. The SMILES string of the molecule is CC(S(=O)(=O)C(F)(F)C(F)(F)C(F)(F)C(F)(F)F)(S(=O)(=O)C(F)(F)C(F)(F)C(F)(F)C(F)(F)F)S(=O)(=O)C(F)(F)C(F)(F)C(F)(F)C(F)(F)F. The van der Waals surface area contributed by atoms with Crippen molar-refractivity contribution >= 4 is 29.5 Å². The summed E-state index contributed by atoms with van der Waals surface area (Å²) in [5, 5.41) is -28.9. The first-order valence-corrected chi connectivity index (χ1v) is 14.5. The minimum Gasteiger partial charge on any atom is -0.220 e. The molecule has 0 heterocycles. The number of sulfone groups is 3. The van der Waals surface area contributed by atoms with E-state index in [2.05, 4.69) is 0 Å². The van der Waals surface area contributed by atoms with E-state index >= 15 is 0 Å². The molecule has 0 aliphatic rings. The number of alkyl halides is 27. The van der Waals surface area contributed by atoms with Crippen molar-refractivity contribution in [3.05, 3.63) is 0 Å². The summed E-state index contributed by atoms with van der Waals surface area (Å²) in [6, 6.07) is 0. The van der Waals surface area contributed by atoms with Gasteiger partial charge in [-0.25, -0.2) is 25.3 Å². The van der Waals surface area contributed by atoms with Crippen molar-refractivity contribution < 1.29 is 144 Å². The molecule has 0 N–H and O–H groups in total. The largest absolute Gasteiger partial charge is 0.460 e. The summed E-state index contributed by atoms with van der Waals surface area (Å²) < 4.78 is 424. The molecule has 0 saturated carbocycles. The van der Waals surface area contributed by atoms with Crippen LogP contribution in [0.2, 0.25) is 0 Å². The fraction of sp³-hybridized carbons (Fsp3) is 1.00. The van der Waals surface area contributed by atoms with Gasteiger partial charge in [0.2, 0.25) is 0 Å². The topological polar surface area (TPSA) is 102 Å². The molecule has 50 heavy (non-hydrogen) atoms. The minimum absolute atomic E-state index is 3.01. The predicted molar refractivity (Wildman–Crippen MR) is 97.9 cm³/mol. The van der Waals surface area contributed by atoms with Crippen LogP contribution in [0.15, 0.2) is 0 Å². The van der Waals surface area contributed by atoms with Gasteiger partial charge in [-0.1, -0.05) is 0 Å². The van der Waals surface area contributed by atoms with E-state index in [-0.39, 0.29) is 0 Å². The lowest BCUT2D eigenvalue weighted by atomic mass is 10.1. The molecule has 0 saturated heterocycles. The highest BCUT2D eigenvalue weighted by Gasteiger charge is 2.96. The third-order valence-corrected chi connectivity index (χ3v) is 15.5. The average molecular weight is 876 g/mol. The van der Waals surface area contributed by atoms with Crippen molar-refractivity contribution in [2.24, 2.45) is 0 Å². The molecule has 0 fully saturated rings. The van der Waals surface area contributed by atoms with Crippen LogP contribution in [0, 0.1) is 0 Å². The van der Waals surface area contributed by atoms with Gasteiger partial charge in [-0.05, 0) is 6.92 Å². The lowest BCUT2D eigenvalue weighted by Gasteiger charge is -2.42. The van der Waals surface area contributed by atoms with Gasteiger partial charge in [0.1, 0.15) is 0 Å². The summed E-state index contributed by atoms with van der Waals surface area (Å²) in [5.41, 5.74) is 0. The van der Waals surface area contributed by atoms with Gasteiger partial charge in [0.15, 0.2) is 0 Å². The molecule has 0 aliphatic heterocycles. The molecule has 0 atom stereocenters. The van der Waals surface area contributed by atoms with Crippen LogP contribution in [-0.4, -0.2) is 98.5 Å². The first-order valence-electron chi connectivity index (χ1n) is 10.1. The highest BCUT2D eigenvalue weighted by Crippen LogP contribution is 2.65. The van der Waals surface area contributed by atoms with Crippen molar-refractivity contribution in [2.45, 2.75) is 80.2 Å². The van der Waals surface area contributed by atoms with E-state index in [1.807, 2.05) is 0 Å². The lowest BCUT2D eigenvalue weighted by Crippen LogP contribution is -2.75. The second kappa shape index (κ2) is 11.2. The Morgan fingerprint density at radius 2 is 0.380 bits per heavy atom. The molecule has 0 aromatic carbocycles. The van der Waals surface area contributed by atoms with E-state index in [1.54, 1.807) is 0 Å². The van der Waals surface area contributed by atoms with Gasteiger partial charge in [-0.2, -0.15) is 119 Å². The van der Waals surface area contributed by atoms with Gasteiger partial charge in [0.25, 0.3) is 32.9 Å². The van der Waals surface area contributed by atoms with Crippen molar-refractivity contribution in [1.82, 2.24) is 0 Å². The number of hydrogen-bond donors (Lipinski definition) is 0. The molecule has 0 unspecified atom stereocenters. The molecule has 6 nitrogen and oxygen atoms in total. The van der Waals surface area contributed by atoms with E-state index in [1.165, 1.54) is 0 Å². The molecule has 302 valence electrons. The quantitative estimate of drug-likeness (QED) is 0.193. The van der Waals surface area contributed by atoms with Gasteiger partial charge < -0.3 is 0 Å². The molecule has 0 amide bonds. The third kappa shape index (κ3) is 5.26. The number of halogens is 27. The lowest BCUT2D eigenvalue weighted by molar-refractivity contribution is -0.382. The summed E-state index contributed by atoms with van der Waals surface area (Å²) in [6.45, 7) is -3.01. The van der Waals surface area contributed by atoms with Crippen LogP contribution in [0.5, 0.6) is 0 Å². The van der Waals surface area contributed by atoms with Crippen molar-refractivity contribution in [3.63, 3.8) is 0 Å². The molecule has 36 heteroatoms. The summed E-state index contributed by atoms with van der Waals surface area (Å²) in [6.07, 6.45) is -25.4. The fourth-order valence-electron chi connectivity index (χ4n) is 2.72. The Morgan fingerprint density at radius 1 is 0.260 bits per heavy atom. The standard InChI is InChI=1S/C14H3F27O6S3/c1-2(48(42,43)12(36,37)6(21,22)3(15,16)9(27,28)29,49(44,45)13(38,39)7(23,24)4(17,18)10(30,31)32)50(46,47)14(40,41)8(25,26)5(19,20)11(33,34)35/h1H3. The maximum absolute atomic E-state index is 14.4. The molecule has 0 aliphatic carbocycles. The van der Waals surface area contributed by atoms with E-state index in [0.29, 0.717) is 0 Å². The van der Waals surface area contributed by atoms with Gasteiger partial charge in [-0.15, -0.1) is 0 Å². The molecule has 0 spiro atoms. The van der Waals surface area contributed by atoms with E-state index in [0.717, 1.165) is 0 Å². The maximum atomic E-state index is 14.4. The Labute approximate surface area is 254 Å². The highest BCUT2D eigenvalue weighted by molar-refractivity contribution is 8.26. The smallest absolute Gasteiger partial charge is 0.220 e. The van der Waals surface area contributed by atoms with Crippen molar-refractivity contribution in [3.8, 4) is 0 Å². The first-order chi connectivity index (χ1) is 20.8. The van der Waals surface area contributed by atoms with E-state index in [9.17, 15) is 144 Å². The maximum Gasteiger partial charge on any atom is 0.460 e. The fourth-order valence-corrected chi connectivity index (χ4v) is 10.9. The second-order valence-corrected chi connectivity index (χ2v) is 16.6. The third-order valence-electron chi connectivity index (χ3n) is 5.82. The zero-order chi connectivity index (χ0) is 42.0. The number of hydrogen-bond acceptors (Lipinski definition) is 6. The first kappa shape index (κ1) is 48.0. The molecular formula is C14H3F27O6S3. The van der Waals surface area contributed by atoms with Crippen LogP contribution >= 0.6 is 0 Å². The van der Waals surface area contributed by atoms with Crippen LogP contribution < -0.4 is 0 Å². The Hall–Kier alpha value is -2.04. The van der Waals surface area contributed by atoms with Crippen molar-refractivity contribution in [1.29, 1.82) is 0 Å². The Bertz CT molecular complexity index is 1450. The molecular weight excluding hydrogens is 873 g/mol. The molecule has 0 rings (SSSR count). The molecule has 0 aromatic rings. The van der Waals surface area contributed by atoms with Crippen LogP contribution in [-0.2, 0) is 29.5 Å². The van der Waals surface area contributed by atoms with Gasteiger partial charge in [0.05, 0.1) is 0 Å². The van der Waals surface area contributed by atoms with Crippen LogP contribution in [0.25, 0.3) is 0 Å². The highest BCUT2D eigenvalue weighted by atomic mass is 32.3. The van der Waals surface area contributed by atoms with Gasteiger partial charge in [-0.3, -0.25) is 0 Å². The number of rotatable bonds is 12. The van der Waals surface area contributed by atoms with Crippen molar-refractivity contribution in [2.75, 3.05) is 0 Å².